The van der Waals surface area contributed by atoms with E-state index in [2.05, 4.69) is 26.8 Å². The normalized spacial score (nSPS) is 60.2. The van der Waals surface area contributed by atoms with Crippen LogP contribution in [0.25, 0.3) is 0 Å². The van der Waals surface area contributed by atoms with Crippen molar-refractivity contribution in [2.75, 3.05) is 0 Å². The largest absolute Gasteiger partial charge is 0.298 e. The van der Waals surface area contributed by atoms with E-state index in [0.29, 0.717) is 29.3 Å². The zero-order chi connectivity index (χ0) is 14.8. The van der Waals surface area contributed by atoms with E-state index in [1.165, 1.54) is 5.57 Å². The van der Waals surface area contributed by atoms with Crippen LogP contribution in [0.4, 0.5) is 0 Å². The average Bonchev–Trinajstić information content (AvgIpc) is 3.02. The molecule has 6 aliphatic carbocycles. The fraction of sp³-hybridized carbons (Fsp3) is 0.789. The monoisotopic (exact) mass is 284 g/mol. The van der Waals surface area contributed by atoms with Crippen LogP contribution in [-0.4, -0.2) is 11.6 Å². The Morgan fingerprint density at radius 2 is 1.95 bits per heavy atom. The molecule has 6 aliphatic rings. The van der Waals surface area contributed by atoms with E-state index in [-0.39, 0.29) is 16.7 Å². The van der Waals surface area contributed by atoms with Crippen molar-refractivity contribution in [1.29, 1.82) is 0 Å². The fourth-order valence-corrected chi connectivity index (χ4v) is 7.44. The Morgan fingerprint density at radius 3 is 2.62 bits per heavy atom. The van der Waals surface area contributed by atoms with Gasteiger partial charge in [0.25, 0.3) is 0 Å². The number of hydrogen-bond donors (Lipinski definition) is 0. The quantitative estimate of drug-likeness (QED) is 0.503. The smallest absolute Gasteiger partial charge is 0.153 e. The average molecular weight is 284 g/mol. The minimum atomic E-state index is -0.572. The third-order valence-corrected chi connectivity index (χ3v) is 8.53. The lowest BCUT2D eigenvalue weighted by Gasteiger charge is -2.59. The number of carbonyl (C=O) groups is 2. The third-order valence-electron chi connectivity index (χ3n) is 8.53. The Morgan fingerprint density at radius 1 is 1.19 bits per heavy atom. The molecule has 0 heterocycles. The van der Waals surface area contributed by atoms with Gasteiger partial charge < -0.3 is 0 Å². The van der Waals surface area contributed by atoms with Gasteiger partial charge in [-0.3, -0.25) is 9.59 Å². The second-order valence-corrected chi connectivity index (χ2v) is 8.90. The SMILES string of the molecule is CC1=CCC[C@@]2(C)[C@H]1CC[C@]13C(=O)C4[C@H](C[C@@H]12)[C@]4(C)C3=O. The summed E-state index contributed by atoms with van der Waals surface area (Å²) >= 11 is 0. The lowest BCUT2D eigenvalue weighted by molar-refractivity contribution is -0.165. The van der Waals surface area contributed by atoms with Gasteiger partial charge in [0.1, 0.15) is 0 Å². The molecule has 0 N–H and O–H groups in total. The molecule has 0 saturated heterocycles. The van der Waals surface area contributed by atoms with Crippen LogP contribution in [0.5, 0.6) is 0 Å². The van der Waals surface area contributed by atoms with Crippen LogP contribution in [-0.2, 0) is 9.59 Å². The van der Waals surface area contributed by atoms with Gasteiger partial charge >= 0.3 is 0 Å². The molecule has 6 rings (SSSR count). The second kappa shape index (κ2) is 3.21. The van der Waals surface area contributed by atoms with Gasteiger partial charge in [-0.25, -0.2) is 0 Å². The first-order valence-electron chi connectivity index (χ1n) is 8.64. The molecule has 5 fully saturated rings. The van der Waals surface area contributed by atoms with Crippen molar-refractivity contribution >= 4 is 11.6 Å². The van der Waals surface area contributed by atoms with Crippen molar-refractivity contribution in [3.63, 3.8) is 0 Å². The zero-order valence-electron chi connectivity index (χ0n) is 13.2. The van der Waals surface area contributed by atoms with Gasteiger partial charge in [0.2, 0.25) is 0 Å². The highest BCUT2D eigenvalue weighted by Gasteiger charge is 2.87. The molecule has 112 valence electrons. The molecule has 0 aromatic rings. The molecule has 1 spiro atoms. The van der Waals surface area contributed by atoms with Crippen LogP contribution in [0.3, 0.4) is 0 Å². The molecule has 2 heteroatoms. The Labute approximate surface area is 126 Å². The molecule has 1 unspecified atom stereocenters. The van der Waals surface area contributed by atoms with E-state index in [9.17, 15) is 9.59 Å². The summed E-state index contributed by atoms with van der Waals surface area (Å²) in [5, 5.41) is 0. The molecule has 0 aromatic carbocycles. The highest BCUT2D eigenvalue weighted by atomic mass is 16.2. The first kappa shape index (κ1) is 12.6. The number of allylic oxidation sites excluding steroid dienone is 2. The zero-order valence-corrected chi connectivity index (χ0v) is 13.2. The predicted octanol–water partition coefficient (Wildman–Crippen LogP) is 3.55. The van der Waals surface area contributed by atoms with E-state index in [0.717, 1.165) is 32.1 Å². The van der Waals surface area contributed by atoms with E-state index in [1.807, 2.05) is 0 Å². The standard InChI is InChI=1S/C19H24O2/c1-10-5-4-7-17(2)11(10)6-8-19-13(17)9-12-14(15(19)20)18(12,3)16(19)21/h5,11-14H,4,6-9H2,1-3H3/t11-,12-,13+,14?,17-,18-,19+/m0/s1. The summed E-state index contributed by atoms with van der Waals surface area (Å²) in [5.41, 5.74) is 0.864. The first-order chi connectivity index (χ1) is 9.88. The molecular formula is C19H24O2. The van der Waals surface area contributed by atoms with Crippen LogP contribution in [0, 0.1) is 39.9 Å². The maximum atomic E-state index is 13.2. The number of fused-ring (bicyclic) bond motifs is 1. The van der Waals surface area contributed by atoms with Crippen LogP contribution in [0.15, 0.2) is 11.6 Å². The molecule has 0 amide bonds. The Kier molecular flexibility index (Phi) is 1.93. The summed E-state index contributed by atoms with van der Waals surface area (Å²) in [6, 6.07) is 0. The highest BCUT2D eigenvalue weighted by Crippen LogP contribution is 2.81. The Bertz CT molecular complexity index is 631. The summed E-state index contributed by atoms with van der Waals surface area (Å²) in [6.07, 6.45) is 7.69. The van der Waals surface area contributed by atoms with Gasteiger partial charge in [-0.1, -0.05) is 25.5 Å². The number of hydrogen-bond acceptors (Lipinski definition) is 2. The van der Waals surface area contributed by atoms with E-state index < -0.39 is 5.41 Å². The van der Waals surface area contributed by atoms with Crippen molar-refractivity contribution in [2.24, 2.45) is 39.9 Å². The lowest BCUT2D eigenvalue weighted by Crippen LogP contribution is -2.60. The Balaban J connectivity index is 1.68. The van der Waals surface area contributed by atoms with E-state index >= 15 is 0 Å². The van der Waals surface area contributed by atoms with E-state index in [4.69, 9.17) is 0 Å². The first-order valence-corrected chi connectivity index (χ1v) is 8.64. The number of Topliss-reactive ketones (excluding diaryl/α,β-unsaturated/α-hetero) is 2. The highest BCUT2D eigenvalue weighted by molar-refractivity contribution is 6.22. The van der Waals surface area contributed by atoms with E-state index in [1.54, 1.807) is 0 Å². The topological polar surface area (TPSA) is 34.1 Å². The van der Waals surface area contributed by atoms with Crippen LogP contribution < -0.4 is 0 Å². The van der Waals surface area contributed by atoms with Gasteiger partial charge in [0.15, 0.2) is 11.6 Å². The molecule has 2 nitrogen and oxygen atoms in total. The van der Waals surface area contributed by atoms with Crippen molar-refractivity contribution in [2.45, 2.75) is 52.9 Å². The third kappa shape index (κ3) is 1.01. The minimum absolute atomic E-state index is 0.0987. The molecule has 0 aromatic heterocycles. The van der Waals surface area contributed by atoms with Crippen LogP contribution in [0.1, 0.15) is 52.9 Å². The number of carbonyl (C=O) groups excluding carboxylic acids is 2. The molecule has 0 aliphatic heterocycles. The van der Waals surface area contributed by atoms with Crippen molar-refractivity contribution in [3.05, 3.63) is 11.6 Å². The van der Waals surface area contributed by atoms with Crippen molar-refractivity contribution in [1.82, 2.24) is 0 Å². The molecule has 21 heavy (non-hydrogen) atoms. The molecule has 4 bridgehead atoms. The summed E-state index contributed by atoms with van der Waals surface area (Å²) in [4.78, 5) is 26.2. The summed E-state index contributed by atoms with van der Waals surface area (Å²) in [5.74, 6) is 2.10. The summed E-state index contributed by atoms with van der Waals surface area (Å²) in [6.45, 7) is 6.73. The van der Waals surface area contributed by atoms with Gasteiger partial charge in [-0.05, 0) is 62.2 Å². The maximum absolute atomic E-state index is 13.2. The van der Waals surface area contributed by atoms with Crippen molar-refractivity contribution < 1.29 is 9.59 Å². The van der Waals surface area contributed by atoms with Gasteiger partial charge in [0, 0.05) is 11.3 Å². The van der Waals surface area contributed by atoms with Gasteiger partial charge in [-0.2, -0.15) is 0 Å². The summed E-state index contributed by atoms with van der Waals surface area (Å²) < 4.78 is 0. The molecule has 5 saturated carbocycles. The predicted molar refractivity (Wildman–Crippen MR) is 79.5 cm³/mol. The van der Waals surface area contributed by atoms with Gasteiger partial charge in [-0.15, -0.1) is 0 Å². The molecular weight excluding hydrogens is 260 g/mol. The lowest BCUT2D eigenvalue weighted by atomic mass is 9.42. The van der Waals surface area contributed by atoms with Crippen LogP contribution in [0.2, 0.25) is 0 Å². The van der Waals surface area contributed by atoms with Gasteiger partial charge in [0.05, 0.1) is 5.41 Å². The van der Waals surface area contributed by atoms with Crippen LogP contribution >= 0.6 is 0 Å². The fourth-order valence-electron chi connectivity index (χ4n) is 7.44. The second-order valence-electron chi connectivity index (χ2n) is 8.90. The number of rotatable bonds is 0. The maximum Gasteiger partial charge on any atom is 0.153 e. The summed E-state index contributed by atoms with van der Waals surface area (Å²) in [7, 11) is 0. The molecule has 7 atom stereocenters. The molecule has 0 radical (unpaired) electrons. The minimum Gasteiger partial charge on any atom is -0.298 e. The van der Waals surface area contributed by atoms with Crippen molar-refractivity contribution in [3.8, 4) is 0 Å². The number of ketones is 2. The Hall–Kier alpha value is -0.920.